The summed E-state index contributed by atoms with van der Waals surface area (Å²) in [4.78, 5) is 13.2. The van der Waals surface area contributed by atoms with Crippen molar-refractivity contribution in [2.45, 2.75) is 25.5 Å². The number of benzene rings is 1. The number of aliphatic hydroxyl groups is 1. The third-order valence-electron chi connectivity index (χ3n) is 3.13. The van der Waals surface area contributed by atoms with Crippen molar-refractivity contribution in [3.05, 3.63) is 35.4 Å². The summed E-state index contributed by atoms with van der Waals surface area (Å²) in [6, 6.07) is 7.33. The van der Waals surface area contributed by atoms with Gasteiger partial charge in [0.15, 0.2) is 0 Å². The smallest absolute Gasteiger partial charge is 0.248 e. The van der Waals surface area contributed by atoms with Crippen LogP contribution in [0.2, 0.25) is 0 Å². The van der Waals surface area contributed by atoms with Crippen molar-refractivity contribution in [3.8, 4) is 0 Å². The Kier molecular flexibility index (Phi) is 3.76. The van der Waals surface area contributed by atoms with Gasteiger partial charge in [-0.2, -0.15) is 0 Å². The van der Waals surface area contributed by atoms with Crippen LogP contribution in [0.25, 0.3) is 0 Å². The molecule has 1 aromatic carbocycles. The number of piperidine rings is 1. The quantitative estimate of drug-likeness (QED) is 0.810. The Hall–Kier alpha value is -1.39. The van der Waals surface area contributed by atoms with Crippen molar-refractivity contribution in [1.82, 2.24) is 4.90 Å². The summed E-state index contributed by atoms with van der Waals surface area (Å²) in [5.74, 6) is -0.398. The maximum absolute atomic E-state index is 10.9. The molecule has 1 aliphatic rings. The van der Waals surface area contributed by atoms with Gasteiger partial charge in [-0.05, 0) is 37.1 Å². The summed E-state index contributed by atoms with van der Waals surface area (Å²) < 4.78 is 0. The number of hydrogen-bond donors (Lipinski definition) is 2. The number of primary amides is 1. The molecular weight excluding hydrogens is 216 g/mol. The number of amides is 1. The van der Waals surface area contributed by atoms with Crippen LogP contribution < -0.4 is 5.73 Å². The van der Waals surface area contributed by atoms with Gasteiger partial charge in [-0.1, -0.05) is 12.1 Å². The van der Waals surface area contributed by atoms with Crippen molar-refractivity contribution >= 4 is 5.91 Å². The van der Waals surface area contributed by atoms with Crippen molar-refractivity contribution in [3.63, 3.8) is 0 Å². The molecule has 0 aromatic heterocycles. The van der Waals surface area contributed by atoms with E-state index in [0.717, 1.165) is 38.0 Å². The summed E-state index contributed by atoms with van der Waals surface area (Å²) in [6.45, 7) is 2.57. The third kappa shape index (κ3) is 3.28. The van der Waals surface area contributed by atoms with Gasteiger partial charge in [0.05, 0.1) is 6.10 Å². The van der Waals surface area contributed by atoms with E-state index in [2.05, 4.69) is 4.90 Å². The highest BCUT2D eigenvalue weighted by molar-refractivity contribution is 5.92. The SMILES string of the molecule is NC(=O)c1ccc(CN2CCC[C@@H](O)C2)cc1. The zero-order valence-electron chi connectivity index (χ0n) is 9.80. The maximum atomic E-state index is 10.9. The number of carbonyl (C=O) groups excluding carboxylic acids is 1. The second-order valence-electron chi connectivity index (χ2n) is 4.59. The Bertz CT molecular complexity index is 389. The van der Waals surface area contributed by atoms with Crippen LogP contribution in [0.4, 0.5) is 0 Å². The number of nitrogens with two attached hydrogens (primary N) is 1. The molecule has 0 bridgehead atoms. The van der Waals surface area contributed by atoms with Gasteiger partial charge < -0.3 is 10.8 Å². The van der Waals surface area contributed by atoms with Gasteiger partial charge in [-0.3, -0.25) is 9.69 Å². The molecule has 4 heteroatoms. The lowest BCUT2D eigenvalue weighted by atomic mass is 10.1. The average molecular weight is 234 g/mol. The van der Waals surface area contributed by atoms with Crippen molar-refractivity contribution in [1.29, 1.82) is 0 Å². The molecule has 1 aliphatic heterocycles. The van der Waals surface area contributed by atoms with Crippen LogP contribution in [0.1, 0.15) is 28.8 Å². The maximum Gasteiger partial charge on any atom is 0.248 e. The van der Waals surface area contributed by atoms with E-state index in [4.69, 9.17) is 5.73 Å². The van der Waals surface area contributed by atoms with Gasteiger partial charge >= 0.3 is 0 Å². The highest BCUT2D eigenvalue weighted by atomic mass is 16.3. The number of likely N-dealkylation sites (tertiary alicyclic amines) is 1. The summed E-state index contributed by atoms with van der Waals surface area (Å²) in [6.07, 6.45) is 1.74. The molecule has 1 aromatic rings. The fourth-order valence-corrected chi connectivity index (χ4v) is 2.21. The van der Waals surface area contributed by atoms with Crippen LogP contribution in [0.5, 0.6) is 0 Å². The fourth-order valence-electron chi connectivity index (χ4n) is 2.21. The van der Waals surface area contributed by atoms with Gasteiger partial charge in [0.1, 0.15) is 0 Å². The summed E-state index contributed by atoms with van der Waals surface area (Å²) in [7, 11) is 0. The number of aliphatic hydroxyl groups excluding tert-OH is 1. The van der Waals surface area contributed by atoms with Crippen molar-refractivity contribution < 1.29 is 9.90 Å². The van der Waals surface area contributed by atoms with Gasteiger partial charge in [-0.15, -0.1) is 0 Å². The first-order chi connectivity index (χ1) is 8.15. The predicted molar refractivity (Wildman–Crippen MR) is 65.5 cm³/mol. The highest BCUT2D eigenvalue weighted by Crippen LogP contribution is 2.14. The third-order valence-corrected chi connectivity index (χ3v) is 3.13. The van der Waals surface area contributed by atoms with Crippen LogP contribution in [0, 0.1) is 0 Å². The lowest BCUT2D eigenvalue weighted by molar-refractivity contribution is 0.0668. The van der Waals surface area contributed by atoms with E-state index in [1.165, 1.54) is 0 Å². The molecule has 3 N–H and O–H groups in total. The van der Waals surface area contributed by atoms with E-state index in [1.807, 2.05) is 12.1 Å². The summed E-state index contributed by atoms with van der Waals surface area (Å²) in [5, 5.41) is 9.57. The van der Waals surface area contributed by atoms with Crippen LogP contribution in [-0.4, -0.2) is 35.1 Å². The van der Waals surface area contributed by atoms with E-state index in [-0.39, 0.29) is 6.10 Å². The first-order valence-corrected chi connectivity index (χ1v) is 5.94. The standard InChI is InChI=1S/C13H18N2O2/c14-13(17)11-5-3-10(4-6-11)8-15-7-1-2-12(16)9-15/h3-6,12,16H,1-2,7-9H2,(H2,14,17)/t12-/m1/s1. The molecule has 1 fully saturated rings. The molecule has 1 saturated heterocycles. The number of rotatable bonds is 3. The monoisotopic (exact) mass is 234 g/mol. The minimum absolute atomic E-state index is 0.200. The second-order valence-corrected chi connectivity index (χ2v) is 4.59. The normalized spacial score (nSPS) is 21.4. The van der Waals surface area contributed by atoms with E-state index in [0.29, 0.717) is 5.56 Å². The fraction of sp³-hybridized carbons (Fsp3) is 0.462. The van der Waals surface area contributed by atoms with Gasteiger partial charge in [0, 0.05) is 18.7 Å². The molecule has 1 amide bonds. The lowest BCUT2D eigenvalue weighted by Crippen LogP contribution is -2.37. The Balaban J connectivity index is 1.96. The second kappa shape index (κ2) is 5.29. The number of nitrogens with zero attached hydrogens (tertiary/aromatic N) is 1. The average Bonchev–Trinajstić information content (AvgIpc) is 2.29. The zero-order valence-corrected chi connectivity index (χ0v) is 9.80. The minimum atomic E-state index is -0.398. The summed E-state index contributed by atoms with van der Waals surface area (Å²) in [5.41, 5.74) is 6.86. The predicted octanol–water partition coefficient (Wildman–Crippen LogP) is 0.742. The molecule has 92 valence electrons. The largest absolute Gasteiger partial charge is 0.392 e. The van der Waals surface area contributed by atoms with Crippen molar-refractivity contribution in [2.75, 3.05) is 13.1 Å². The zero-order chi connectivity index (χ0) is 12.3. The Morgan fingerprint density at radius 1 is 1.41 bits per heavy atom. The molecule has 4 nitrogen and oxygen atoms in total. The molecule has 1 atom stereocenters. The van der Waals surface area contributed by atoms with Crippen LogP contribution in [0.15, 0.2) is 24.3 Å². The molecular formula is C13H18N2O2. The molecule has 0 saturated carbocycles. The molecule has 0 aliphatic carbocycles. The van der Waals surface area contributed by atoms with Crippen LogP contribution >= 0.6 is 0 Å². The topological polar surface area (TPSA) is 66.6 Å². The Labute approximate surface area is 101 Å². The number of hydrogen-bond acceptors (Lipinski definition) is 3. The molecule has 0 unspecified atom stereocenters. The van der Waals surface area contributed by atoms with Crippen LogP contribution in [0.3, 0.4) is 0 Å². The van der Waals surface area contributed by atoms with E-state index < -0.39 is 5.91 Å². The summed E-state index contributed by atoms with van der Waals surface area (Å²) >= 11 is 0. The molecule has 0 spiro atoms. The van der Waals surface area contributed by atoms with E-state index in [1.54, 1.807) is 12.1 Å². The first kappa shape index (κ1) is 12.1. The molecule has 2 rings (SSSR count). The molecule has 1 heterocycles. The van der Waals surface area contributed by atoms with Gasteiger partial charge in [-0.25, -0.2) is 0 Å². The number of carbonyl (C=O) groups is 1. The Morgan fingerprint density at radius 2 is 2.12 bits per heavy atom. The minimum Gasteiger partial charge on any atom is -0.392 e. The van der Waals surface area contributed by atoms with E-state index >= 15 is 0 Å². The van der Waals surface area contributed by atoms with Crippen molar-refractivity contribution in [2.24, 2.45) is 5.73 Å². The first-order valence-electron chi connectivity index (χ1n) is 5.94. The molecule has 0 radical (unpaired) electrons. The molecule has 17 heavy (non-hydrogen) atoms. The lowest BCUT2D eigenvalue weighted by Gasteiger charge is -2.29. The Morgan fingerprint density at radius 3 is 2.71 bits per heavy atom. The van der Waals surface area contributed by atoms with Gasteiger partial charge in [0.25, 0.3) is 0 Å². The van der Waals surface area contributed by atoms with Crippen LogP contribution in [-0.2, 0) is 6.54 Å². The highest BCUT2D eigenvalue weighted by Gasteiger charge is 2.17. The van der Waals surface area contributed by atoms with Gasteiger partial charge in [0.2, 0.25) is 5.91 Å². The van der Waals surface area contributed by atoms with E-state index in [9.17, 15) is 9.90 Å². The number of β-amino-alcohol motifs (C(OH)–C–C–N with tert-alkyl or cyclic N) is 1.